The smallest absolute Gasteiger partial charge is 0.330 e. The second-order valence-corrected chi connectivity index (χ2v) is 6.99. The lowest BCUT2D eigenvalue weighted by Crippen LogP contribution is -2.21. The van der Waals surface area contributed by atoms with Crippen LogP contribution >= 0.6 is 0 Å². The first kappa shape index (κ1) is 19.5. The highest BCUT2D eigenvalue weighted by Gasteiger charge is 2.13. The van der Waals surface area contributed by atoms with Crippen molar-refractivity contribution in [3.63, 3.8) is 0 Å². The van der Waals surface area contributed by atoms with Crippen LogP contribution < -0.4 is 9.47 Å². The van der Waals surface area contributed by atoms with Gasteiger partial charge in [0.2, 0.25) is 0 Å². The Kier molecular flexibility index (Phi) is 5.66. The molecule has 0 N–H and O–H groups in total. The summed E-state index contributed by atoms with van der Waals surface area (Å²) >= 11 is 0. The second-order valence-electron chi connectivity index (χ2n) is 6.99. The van der Waals surface area contributed by atoms with Gasteiger partial charge >= 0.3 is 5.97 Å². The van der Waals surface area contributed by atoms with Crippen LogP contribution in [0.25, 0.3) is 21.5 Å². The van der Waals surface area contributed by atoms with Crippen LogP contribution in [-0.4, -0.2) is 18.7 Å². The maximum atomic E-state index is 11.5. The molecule has 0 saturated carbocycles. The van der Waals surface area contributed by atoms with Gasteiger partial charge in [0.25, 0.3) is 0 Å². The standard InChI is InChI=1S/C26H22O4/c1-3-25(27)29-18(2)17-28-26-23-12-8-7-9-19(23)15-20-13-14-22(16-24(20)26)30-21-10-5-4-6-11-21/h3-16,18H,1,17H2,2H3. The summed E-state index contributed by atoms with van der Waals surface area (Å²) in [4.78, 5) is 11.5. The van der Waals surface area contributed by atoms with Crippen molar-refractivity contribution in [3.8, 4) is 17.2 Å². The third kappa shape index (κ3) is 4.28. The summed E-state index contributed by atoms with van der Waals surface area (Å²) in [6.45, 7) is 5.45. The predicted octanol–water partition coefficient (Wildman–Crippen LogP) is 6.28. The van der Waals surface area contributed by atoms with Crippen molar-refractivity contribution in [2.45, 2.75) is 13.0 Å². The molecule has 0 spiro atoms. The van der Waals surface area contributed by atoms with Gasteiger partial charge in [-0.25, -0.2) is 4.79 Å². The number of para-hydroxylation sites is 1. The fraction of sp³-hybridized carbons (Fsp3) is 0.115. The van der Waals surface area contributed by atoms with E-state index in [1.807, 2.05) is 66.7 Å². The first-order valence-electron chi connectivity index (χ1n) is 9.78. The van der Waals surface area contributed by atoms with Crippen molar-refractivity contribution in [1.82, 2.24) is 0 Å². The zero-order chi connectivity index (χ0) is 20.9. The first-order chi connectivity index (χ1) is 14.6. The van der Waals surface area contributed by atoms with Crippen LogP contribution in [0.2, 0.25) is 0 Å². The minimum Gasteiger partial charge on any atom is -0.488 e. The van der Waals surface area contributed by atoms with E-state index >= 15 is 0 Å². The molecule has 150 valence electrons. The molecule has 0 heterocycles. The molecule has 0 aromatic heterocycles. The fourth-order valence-corrected chi connectivity index (χ4v) is 3.32. The van der Waals surface area contributed by atoms with Gasteiger partial charge < -0.3 is 14.2 Å². The van der Waals surface area contributed by atoms with E-state index in [9.17, 15) is 4.79 Å². The Morgan fingerprint density at radius 2 is 1.63 bits per heavy atom. The Morgan fingerprint density at radius 1 is 0.900 bits per heavy atom. The normalized spacial score (nSPS) is 11.8. The van der Waals surface area contributed by atoms with Gasteiger partial charge in [0, 0.05) is 16.8 Å². The van der Waals surface area contributed by atoms with Crippen molar-refractivity contribution in [2.24, 2.45) is 0 Å². The van der Waals surface area contributed by atoms with Crippen molar-refractivity contribution >= 4 is 27.5 Å². The molecule has 1 atom stereocenters. The van der Waals surface area contributed by atoms with Gasteiger partial charge in [0.05, 0.1) is 0 Å². The Labute approximate surface area is 175 Å². The summed E-state index contributed by atoms with van der Waals surface area (Å²) in [5.41, 5.74) is 0. The van der Waals surface area contributed by atoms with E-state index in [1.54, 1.807) is 6.92 Å². The molecule has 0 fully saturated rings. The van der Waals surface area contributed by atoms with E-state index in [0.717, 1.165) is 44.9 Å². The number of rotatable bonds is 7. The van der Waals surface area contributed by atoms with Crippen molar-refractivity contribution in [1.29, 1.82) is 0 Å². The molecule has 0 amide bonds. The average Bonchev–Trinajstić information content (AvgIpc) is 2.77. The molecule has 0 aliphatic rings. The molecule has 1 unspecified atom stereocenters. The lowest BCUT2D eigenvalue weighted by Gasteiger charge is -2.17. The van der Waals surface area contributed by atoms with Crippen LogP contribution in [0.15, 0.2) is 91.5 Å². The summed E-state index contributed by atoms with van der Waals surface area (Å²) in [6, 6.07) is 25.8. The van der Waals surface area contributed by atoms with E-state index in [0.29, 0.717) is 0 Å². The Balaban J connectivity index is 1.72. The van der Waals surface area contributed by atoms with Gasteiger partial charge in [0.15, 0.2) is 0 Å². The molecular formula is C26H22O4. The van der Waals surface area contributed by atoms with E-state index in [4.69, 9.17) is 14.2 Å². The molecule has 4 aromatic carbocycles. The number of hydrogen-bond acceptors (Lipinski definition) is 4. The Bertz CT molecular complexity index is 1200. The summed E-state index contributed by atoms with van der Waals surface area (Å²) in [7, 11) is 0. The number of benzene rings is 4. The van der Waals surface area contributed by atoms with Gasteiger partial charge in [-0.3, -0.25) is 0 Å². The molecule has 0 radical (unpaired) electrons. The first-order valence-corrected chi connectivity index (χ1v) is 9.78. The van der Waals surface area contributed by atoms with Crippen LogP contribution in [0.1, 0.15) is 6.92 Å². The van der Waals surface area contributed by atoms with Crippen molar-refractivity contribution in [2.75, 3.05) is 6.61 Å². The van der Waals surface area contributed by atoms with Gasteiger partial charge in [-0.2, -0.15) is 0 Å². The maximum absolute atomic E-state index is 11.5. The fourth-order valence-electron chi connectivity index (χ4n) is 3.32. The van der Waals surface area contributed by atoms with Crippen molar-refractivity contribution < 1.29 is 19.0 Å². The molecule has 0 aliphatic carbocycles. The number of carbonyl (C=O) groups is 1. The maximum Gasteiger partial charge on any atom is 0.330 e. The zero-order valence-corrected chi connectivity index (χ0v) is 16.7. The van der Waals surface area contributed by atoms with Crippen LogP contribution in [0.5, 0.6) is 17.2 Å². The molecule has 4 nitrogen and oxygen atoms in total. The minimum absolute atomic E-state index is 0.229. The zero-order valence-electron chi connectivity index (χ0n) is 16.7. The van der Waals surface area contributed by atoms with Gasteiger partial charge in [-0.1, -0.05) is 55.1 Å². The quantitative estimate of drug-likeness (QED) is 0.209. The van der Waals surface area contributed by atoms with E-state index in [1.165, 1.54) is 0 Å². The highest BCUT2D eigenvalue weighted by molar-refractivity contribution is 6.05. The second kappa shape index (κ2) is 8.70. The summed E-state index contributed by atoms with van der Waals surface area (Å²) in [5.74, 6) is 1.76. The molecule has 4 aromatic rings. The lowest BCUT2D eigenvalue weighted by molar-refractivity contribution is -0.143. The molecule has 30 heavy (non-hydrogen) atoms. The van der Waals surface area contributed by atoms with Gasteiger partial charge in [-0.05, 0) is 48.0 Å². The highest BCUT2D eigenvalue weighted by atomic mass is 16.6. The molecule has 0 aliphatic heterocycles. The third-order valence-corrected chi connectivity index (χ3v) is 4.71. The average molecular weight is 398 g/mol. The van der Waals surface area contributed by atoms with Gasteiger partial charge in [-0.15, -0.1) is 0 Å². The Morgan fingerprint density at radius 3 is 2.43 bits per heavy atom. The SMILES string of the molecule is C=CC(=O)OC(C)COc1c2ccccc2cc2ccc(Oc3ccccc3)cc12. The molecule has 0 bridgehead atoms. The summed E-state index contributed by atoms with van der Waals surface area (Å²) in [6.07, 6.45) is 0.741. The molecule has 4 rings (SSSR count). The minimum atomic E-state index is -0.465. The van der Waals surface area contributed by atoms with Gasteiger partial charge in [0.1, 0.15) is 30.0 Å². The third-order valence-electron chi connectivity index (χ3n) is 4.71. The Hall–Kier alpha value is -3.79. The number of hydrogen-bond donors (Lipinski definition) is 0. The monoisotopic (exact) mass is 398 g/mol. The number of carbonyl (C=O) groups excluding carboxylic acids is 1. The van der Waals surface area contributed by atoms with Crippen molar-refractivity contribution in [3.05, 3.63) is 91.5 Å². The van der Waals surface area contributed by atoms with Crippen LogP contribution in [-0.2, 0) is 9.53 Å². The van der Waals surface area contributed by atoms with Crippen LogP contribution in [0.3, 0.4) is 0 Å². The van der Waals surface area contributed by atoms with Crippen LogP contribution in [0, 0.1) is 0 Å². The van der Waals surface area contributed by atoms with E-state index in [2.05, 4.69) is 18.7 Å². The largest absolute Gasteiger partial charge is 0.488 e. The van der Waals surface area contributed by atoms with E-state index < -0.39 is 12.1 Å². The number of esters is 1. The molecular weight excluding hydrogens is 376 g/mol. The molecule has 0 saturated heterocycles. The van der Waals surface area contributed by atoms with E-state index in [-0.39, 0.29) is 6.61 Å². The molecule has 4 heteroatoms. The summed E-state index contributed by atoms with van der Waals surface area (Å²) in [5, 5.41) is 4.04. The summed E-state index contributed by atoms with van der Waals surface area (Å²) < 4.78 is 17.4. The topological polar surface area (TPSA) is 44.8 Å². The number of fused-ring (bicyclic) bond motifs is 2. The highest BCUT2D eigenvalue weighted by Crippen LogP contribution is 2.37. The predicted molar refractivity (Wildman–Crippen MR) is 119 cm³/mol. The number of ether oxygens (including phenoxy) is 3. The lowest BCUT2D eigenvalue weighted by atomic mass is 10.0. The van der Waals surface area contributed by atoms with Crippen LogP contribution in [0.4, 0.5) is 0 Å².